The largest absolute Gasteiger partial charge is 0.460 e. The number of nitrogens with one attached hydrogen (secondary N) is 1. The Morgan fingerprint density at radius 1 is 0.867 bits per heavy atom. The predicted molar refractivity (Wildman–Crippen MR) is 283 cm³/mol. The van der Waals surface area contributed by atoms with E-state index in [9.17, 15) is 51.0 Å². The topological polar surface area (TPSA) is 265 Å². The number of Topliss-reactive ketones (excluding diaryl/α,β-unsaturated/α-hetero) is 3. The third-order valence-corrected chi connectivity index (χ3v) is 17.5. The highest BCUT2D eigenvalue weighted by Crippen LogP contribution is 2.37. The summed E-state index contributed by atoms with van der Waals surface area (Å²) in [5.41, 5.74) is 0.851. The van der Waals surface area contributed by atoms with E-state index in [0.29, 0.717) is 56.5 Å². The van der Waals surface area contributed by atoms with Crippen molar-refractivity contribution in [3.63, 3.8) is 0 Å². The molecule has 21 heteroatoms. The van der Waals surface area contributed by atoms with Crippen LogP contribution in [-0.2, 0) is 72.3 Å². The molecule has 0 radical (unpaired) electrons. The molecule has 75 heavy (non-hydrogen) atoms. The van der Waals surface area contributed by atoms with Crippen LogP contribution in [0, 0.1) is 29.6 Å². The van der Waals surface area contributed by atoms with Gasteiger partial charge < -0.3 is 43.5 Å². The van der Waals surface area contributed by atoms with Gasteiger partial charge in [0.05, 0.1) is 43.0 Å². The van der Waals surface area contributed by atoms with Gasteiger partial charge in [0, 0.05) is 64.8 Å². The molecule has 2 fully saturated rings. The van der Waals surface area contributed by atoms with Crippen LogP contribution in [0.15, 0.2) is 47.6 Å². The quantitative estimate of drug-likeness (QED) is 0.0862. The Morgan fingerprint density at radius 2 is 1.56 bits per heavy atom. The first-order valence-corrected chi connectivity index (χ1v) is 30.0. The molecule has 19 nitrogen and oxygen atoms in total. The average Bonchev–Trinajstić information content (AvgIpc) is 3.35. The second-order valence-electron chi connectivity index (χ2n) is 21.2. The smallest absolute Gasteiger partial charge is 0.328 e. The molecule has 2 heterocycles. The van der Waals surface area contributed by atoms with Crippen molar-refractivity contribution in [2.45, 2.75) is 174 Å². The number of rotatable bonds is 15. The van der Waals surface area contributed by atoms with Gasteiger partial charge in [-0.2, -0.15) is 0 Å². The molecular formula is C54H88N2O17S2. The zero-order chi connectivity index (χ0) is 56.4. The molecule has 1 amide bonds. The number of carbonyl (C=O) groups excluding carboxylic acids is 5. The van der Waals surface area contributed by atoms with Crippen molar-refractivity contribution in [3.05, 3.63) is 47.6 Å². The standard InChI is InChI=1S/C54H88N2O17S2/c1-34-19-16-14-13-15-17-20-35(2)48(58)50(70-11)49(59)38(5)29-36(3)44(57)33-46(37(4)30-41-22-24-45(47(31-41)69-10)71-26-25-68-9)72-53(62)40(7)56(8)52(61)51(60)54(63)39(6)21-23-42(73-54)32-43(34)55-75(66,67)28-18-27-74(12,64)65/h13-16,19,29,35-37,39-43,45-47,49-50,55,59,63H,17-18,20-28,30-33H2,1-12H3/b15-13+,16-14+,34-19+,38-29+/t35?,36?,37-,39+,40?,41+,42-,43?,45-,46?,47-,49?,50?,54+/m1/s1. The molecule has 3 N–H and O–H groups in total. The van der Waals surface area contributed by atoms with E-state index in [-0.39, 0.29) is 67.5 Å². The van der Waals surface area contributed by atoms with Crippen LogP contribution in [0.25, 0.3) is 0 Å². The maximum absolute atomic E-state index is 14.2. The molecule has 428 valence electrons. The van der Waals surface area contributed by atoms with E-state index in [2.05, 4.69) is 4.72 Å². The Kier molecular flexibility index (Phi) is 26.8. The number of methoxy groups -OCH3 is 3. The number of hydrogen-bond donors (Lipinski definition) is 3. The van der Waals surface area contributed by atoms with E-state index in [1.54, 1.807) is 79.2 Å². The fourth-order valence-electron chi connectivity index (χ4n) is 9.87. The third-order valence-electron chi connectivity index (χ3n) is 15.0. The summed E-state index contributed by atoms with van der Waals surface area (Å²) < 4.78 is 87.8. The minimum Gasteiger partial charge on any atom is -0.460 e. The van der Waals surface area contributed by atoms with Crippen molar-refractivity contribution in [3.8, 4) is 0 Å². The lowest BCUT2D eigenvalue weighted by Gasteiger charge is -2.42. The molecule has 0 aromatic heterocycles. The van der Waals surface area contributed by atoms with Crippen LogP contribution < -0.4 is 4.72 Å². The SMILES string of the molecule is COCCO[C@@H]1CC[C@@H](C[C@@H](C)C2CC(=O)C(C)/C=C(\C)C(O)C(OC)C(=O)C(C)CC/C=C/C=C/C=C(\C)C(NS(=O)(=O)CCCS(C)(=O)=O)C[C@H]3CC[C@H](C)[C@](O)(O3)C(=O)C(=O)N(C)C(C)C(=O)O2)C[C@H]1OC. The Hall–Kier alpha value is -3.51. The second kappa shape index (κ2) is 30.6. The van der Waals surface area contributed by atoms with Gasteiger partial charge >= 0.3 is 5.97 Å². The Balaban J connectivity index is 2.04. The van der Waals surface area contributed by atoms with Crippen molar-refractivity contribution in [2.75, 3.05) is 59.4 Å². The van der Waals surface area contributed by atoms with Gasteiger partial charge in [-0.15, -0.1) is 0 Å². The molecule has 0 spiro atoms. The van der Waals surface area contributed by atoms with Gasteiger partial charge in [0.25, 0.3) is 11.7 Å². The van der Waals surface area contributed by atoms with E-state index in [1.165, 1.54) is 21.1 Å². The maximum atomic E-state index is 14.2. The Bertz CT molecular complexity index is 2260. The highest BCUT2D eigenvalue weighted by molar-refractivity contribution is 7.91. The number of esters is 1. The number of ketones is 3. The first-order valence-electron chi connectivity index (χ1n) is 26.3. The third kappa shape index (κ3) is 20.3. The number of likely N-dealkylation sites (N-methyl/N-ethyl adjacent to an activating group) is 1. The summed E-state index contributed by atoms with van der Waals surface area (Å²) in [5.74, 6) is -10.2. The van der Waals surface area contributed by atoms with E-state index >= 15 is 0 Å². The molecular weight excluding hydrogens is 1010 g/mol. The summed E-state index contributed by atoms with van der Waals surface area (Å²) in [4.78, 5) is 71.1. The van der Waals surface area contributed by atoms with Gasteiger partial charge in [0.1, 0.15) is 40.0 Å². The summed E-state index contributed by atoms with van der Waals surface area (Å²) >= 11 is 0. The first kappa shape index (κ1) is 65.8. The number of allylic oxidation sites excluding steroid dienone is 6. The van der Waals surface area contributed by atoms with Crippen molar-refractivity contribution in [1.82, 2.24) is 9.62 Å². The summed E-state index contributed by atoms with van der Waals surface area (Å²) in [7, 11) is -1.75. The minimum absolute atomic E-state index is 0.0862. The van der Waals surface area contributed by atoms with Gasteiger partial charge in [-0.05, 0) is 102 Å². The number of aliphatic hydroxyl groups excluding tert-OH is 1. The molecule has 1 saturated carbocycles. The van der Waals surface area contributed by atoms with Gasteiger partial charge in [-0.1, -0.05) is 69.7 Å². The zero-order valence-corrected chi connectivity index (χ0v) is 48.0. The van der Waals surface area contributed by atoms with Crippen LogP contribution in [0.5, 0.6) is 0 Å². The number of fused-ring (bicyclic) bond motifs is 2. The number of sulfonamides is 1. The lowest BCUT2D eigenvalue weighted by molar-refractivity contribution is -0.263. The van der Waals surface area contributed by atoms with E-state index in [4.69, 9.17) is 28.4 Å². The van der Waals surface area contributed by atoms with Gasteiger partial charge in [-0.3, -0.25) is 19.2 Å². The van der Waals surface area contributed by atoms with Crippen molar-refractivity contribution < 1.29 is 79.4 Å². The van der Waals surface area contributed by atoms with Gasteiger partial charge in [0.2, 0.25) is 15.8 Å². The highest BCUT2D eigenvalue weighted by atomic mass is 32.2. The molecule has 2 bridgehead atoms. The van der Waals surface area contributed by atoms with Gasteiger partial charge in [0.15, 0.2) is 5.78 Å². The molecule has 0 aromatic carbocycles. The van der Waals surface area contributed by atoms with Crippen LogP contribution in [0.4, 0.5) is 0 Å². The molecule has 3 aliphatic rings. The van der Waals surface area contributed by atoms with Crippen molar-refractivity contribution in [1.29, 1.82) is 0 Å². The number of ether oxygens (including phenoxy) is 6. The number of aliphatic hydroxyl groups is 2. The van der Waals surface area contributed by atoms with Crippen LogP contribution in [-0.4, -0.2) is 175 Å². The number of hydrogen-bond acceptors (Lipinski definition) is 17. The Morgan fingerprint density at radius 3 is 2.20 bits per heavy atom. The highest BCUT2D eigenvalue weighted by Gasteiger charge is 2.52. The monoisotopic (exact) mass is 1100 g/mol. The molecule has 3 rings (SSSR count). The first-order chi connectivity index (χ1) is 35.1. The second-order valence-corrected chi connectivity index (χ2v) is 25.3. The number of amides is 1. The molecule has 7 unspecified atom stereocenters. The molecule has 1 aliphatic carbocycles. The number of carbonyl (C=O) groups is 5. The lowest BCUT2D eigenvalue weighted by Crippen LogP contribution is -2.59. The normalized spacial score (nSPS) is 35.2. The number of cyclic esters (lactones) is 1. The van der Waals surface area contributed by atoms with E-state index in [0.717, 1.165) is 17.6 Å². The number of sulfone groups is 1. The molecule has 2 aliphatic heterocycles. The average molecular weight is 1100 g/mol. The van der Waals surface area contributed by atoms with Crippen LogP contribution in [0.2, 0.25) is 0 Å². The molecule has 1 saturated heterocycles. The number of nitrogens with zero attached hydrogens (tertiary/aromatic N) is 1. The zero-order valence-electron chi connectivity index (χ0n) is 46.4. The van der Waals surface area contributed by atoms with E-state index in [1.807, 2.05) is 13.0 Å². The summed E-state index contributed by atoms with van der Waals surface area (Å²) in [5, 5.41) is 23.4. The van der Waals surface area contributed by atoms with Crippen molar-refractivity contribution in [2.24, 2.45) is 29.6 Å². The van der Waals surface area contributed by atoms with E-state index < -0.39 is 109 Å². The molecule has 14 atom stereocenters. The summed E-state index contributed by atoms with van der Waals surface area (Å²) in [6.45, 7) is 12.3. The fourth-order valence-corrected chi connectivity index (χ4v) is 12.1. The maximum Gasteiger partial charge on any atom is 0.328 e. The fraction of sp³-hybridized carbons (Fsp3) is 0.759. The van der Waals surface area contributed by atoms with Crippen LogP contribution in [0.1, 0.15) is 119 Å². The molecule has 0 aromatic rings. The Labute approximate surface area is 446 Å². The predicted octanol–water partition coefficient (Wildman–Crippen LogP) is 4.78. The van der Waals surface area contributed by atoms with Crippen LogP contribution in [0.3, 0.4) is 0 Å². The minimum atomic E-state index is -4.08. The summed E-state index contributed by atoms with van der Waals surface area (Å²) in [6, 6.07) is -2.35. The van der Waals surface area contributed by atoms with Crippen LogP contribution >= 0.6 is 0 Å². The summed E-state index contributed by atoms with van der Waals surface area (Å²) in [6.07, 6.45) is 9.92. The van der Waals surface area contributed by atoms with Crippen molar-refractivity contribution >= 4 is 49.1 Å². The lowest BCUT2D eigenvalue weighted by atomic mass is 9.78. The van der Waals surface area contributed by atoms with Gasteiger partial charge in [-0.25, -0.2) is 26.4 Å².